The lowest BCUT2D eigenvalue weighted by Crippen LogP contribution is -2.35. The molecule has 2 aliphatic rings. The molecule has 0 radical (unpaired) electrons. The normalized spacial score (nSPS) is 19.0. The lowest BCUT2D eigenvalue weighted by atomic mass is 10.1. The zero-order valence-electron chi connectivity index (χ0n) is 18.8. The molecule has 2 aliphatic heterocycles. The number of aliphatic imine (C=N–C) groups is 1. The van der Waals surface area contributed by atoms with E-state index in [9.17, 15) is 27.0 Å². The standard InChI is InChI=1S/C19H26N8O6S2/c1-2-13(29)9-24-35(32,33)15-4-3-14(16(17(15)34(20,30)31)18-22-11-23-25-18)27-7-5-12(10-28)26-8-6-21-19(26)27/h3-4,6,8,12-13,24,28-29H,2,5,7,9-11H2,1H3,(H2,20,30,31)/t12-,13-/m1/s1. The molecule has 4 rings (SSSR count). The van der Waals surface area contributed by atoms with Crippen molar-refractivity contribution in [3.8, 4) is 0 Å². The van der Waals surface area contributed by atoms with E-state index in [0.29, 0.717) is 25.3 Å². The van der Waals surface area contributed by atoms with E-state index in [-0.39, 0.29) is 42.9 Å². The Balaban J connectivity index is 1.95. The van der Waals surface area contributed by atoms with Crippen LogP contribution in [0.1, 0.15) is 31.4 Å². The zero-order valence-corrected chi connectivity index (χ0v) is 20.4. The molecule has 14 nitrogen and oxygen atoms in total. The lowest BCUT2D eigenvalue weighted by Gasteiger charge is -2.35. The number of hydrogen-bond donors (Lipinski definition) is 4. The number of sulfonamides is 2. The molecule has 0 bridgehead atoms. The Morgan fingerprint density at radius 2 is 2.06 bits per heavy atom. The number of primary sulfonamides is 1. The van der Waals surface area contributed by atoms with Crippen LogP contribution in [-0.4, -0.2) is 74.9 Å². The third kappa shape index (κ3) is 4.85. The Hall–Kier alpha value is -2.76. The molecule has 5 N–H and O–H groups in total. The van der Waals surface area contributed by atoms with Crippen LogP contribution in [0.25, 0.3) is 0 Å². The Labute approximate surface area is 202 Å². The van der Waals surface area contributed by atoms with Crippen LogP contribution in [-0.2, 0) is 20.0 Å². The second-order valence-corrected chi connectivity index (χ2v) is 11.3. The van der Waals surface area contributed by atoms with Gasteiger partial charge in [-0.1, -0.05) is 6.92 Å². The highest BCUT2D eigenvalue weighted by Gasteiger charge is 2.36. The van der Waals surface area contributed by atoms with Gasteiger partial charge in [0.2, 0.25) is 26.0 Å². The number of hydrogen-bond acceptors (Lipinski definition) is 11. The number of anilines is 2. The molecule has 2 aromatic rings. The van der Waals surface area contributed by atoms with E-state index in [2.05, 4.69) is 24.9 Å². The van der Waals surface area contributed by atoms with Crippen molar-refractivity contribution in [2.75, 3.05) is 31.3 Å². The van der Waals surface area contributed by atoms with Gasteiger partial charge in [-0.25, -0.2) is 36.7 Å². The van der Waals surface area contributed by atoms with Crippen molar-refractivity contribution in [1.29, 1.82) is 0 Å². The average Bonchev–Trinajstić information content (AvgIpc) is 3.53. The molecule has 0 spiro atoms. The maximum Gasteiger partial charge on any atom is 0.242 e. The van der Waals surface area contributed by atoms with Crippen LogP contribution < -0.4 is 14.8 Å². The first-order chi connectivity index (χ1) is 16.6. The first kappa shape index (κ1) is 25.3. The summed E-state index contributed by atoms with van der Waals surface area (Å²) in [6.07, 6.45) is 3.08. The SMILES string of the molecule is CC[C@@H](O)CNS(=O)(=O)c1ccc(N2CC[C@H](CO)n3ccnc32)c(C2=NCN=N2)c1S(N)(=O)=O. The maximum absolute atomic E-state index is 13.1. The number of azo groups is 1. The van der Waals surface area contributed by atoms with Gasteiger partial charge in [0.15, 0.2) is 12.5 Å². The highest BCUT2D eigenvalue weighted by molar-refractivity contribution is 7.92. The van der Waals surface area contributed by atoms with E-state index in [1.807, 2.05) is 0 Å². The molecule has 2 atom stereocenters. The predicted octanol–water partition coefficient (Wildman–Crippen LogP) is -0.175. The van der Waals surface area contributed by atoms with E-state index >= 15 is 0 Å². The van der Waals surface area contributed by atoms with Crippen molar-refractivity contribution in [2.24, 2.45) is 20.4 Å². The molecule has 0 fully saturated rings. The van der Waals surface area contributed by atoms with Crippen molar-refractivity contribution in [3.05, 3.63) is 30.1 Å². The van der Waals surface area contributed by atoms with Gasteiger partial charge in [-0.05, 0) is 25.0 Å². The third-order valence-corrected chi connectivity index (χ3v) is 8.39. The van der Waals surface area contributed by atoms with Gasteiger partial charge in [-0.3, -0.25) is 0 Å². The van der Waals surface area contributed by atoms with Gasteiger partial charge < -0.3 is 19.7 Å². The Kier molecular flexibility index (Phi) is 7.03. The molecule has 0 amide bonds. The minimum absolute atomic E-state index is 0.0576. The molecular weight excluding hydrogens is 500 g/mol. The Morgan fingerprint density at radius 1 is 1.29 bits per heavy atom. The smallest absolute Gasteiger partial charge is 0.242 e. The largest absolute Gasteiger partial charge is 0.394 e. The van der Waals surface area contributed by atoms with Gasteiger partial charge in [-0.2, -0.15) is 5.11 Å². The Bertz CT molecular complexity index is 1390. The fourth-order valence-corrected chi connectivity index (χ4v) is 6.67. The summed E-state index contributed by atoms with van der Waals surface area (Å²) in [4.78, 5) is 8.89. The highest BCUT2D eigenvalue weighted by Crippen LogP contribution is 2.39. The number of fused-ring (bicyclic) bond motifs is 1. The maximum atomic E-state index is 13.1. The third-order valence-electron chi connectivity index (χ3n) is 5.80. The lowest BCUT2D eigenvalue weighted by molar-refractivity contribution is 0.174. The van der Waals surface area contributed by atoms with Crippen LogP contribution in [0.5, 0.6) is 0 Å². The van der Waals surface area contributed by atoms with Crippen LogP contribution in [0.4, 0.5) is 11.6 Å². The molecular formula is C19H26N8O6S2. The molecule has 0 saturated heterocycles. The summed E-state index contributed by atoms with van der Waals surface area (Å²) in [5, 5.41) is 32.8. The fraction of sp³-hybridized carbons (Fsp3) is 0.474. The Morgan fingerprint density at radius 3 is 2.69 bits per heavy atom. The molecule has 190 valence electrons. The number of aliphatic hydroxyl groups excluding tert-OH is 2. The molecule has 0 aliphatic carbocycles. The summed E-state index contributed by atoms with van der Waals surface area (Å²) in [5.41, 5.74) is 0.148. The minimum atomic E-state index is -4.63. The summed E-state index contributed by atoms with van der Waals surface area (Å²) in [6.45, 7) is 1.54. The number of imidazole rings is 1. The fourth-order valence-electron chi connectivity index (χ4n) is 4.00. The van der Waals surface area contributed by atoms with Gasteiger partial charge in [-0.15, -0.1) is 5.11 Å². The molecule has 3 heterocycles. The molecule has 1 aromatic carbocycles. The number of aromatic nitrogens is 2. The molecule has 1 aromatic heterocycles. The van der Waals surface area contributed by atoms with Gasteiger partial charge in [0.1, 0.15) is 9.79 Å². The number of amidine groups is 1. The average molecular weight is 527 g/mol. The summed E-state index contributed by atoms with van der Waals surface area (Å²) in [6, 6.07) is 2.35. The van der Waals surface area contributed by atoms with Crippen molar-refractivity contribution >= 4 is 37.5 Å². The summed E-state index contributed by atoms with van der Waals surface area (Å²) in [7, 11) is -9.04. The van der Waals surface area contributed by atoms with E-state index in [1.165, 1.54) is 6.07 Å². The van der Waals surface area contributed by atoms with E-state index < -0.39 is 35.9 Å². The number of aliphatic hydroxyl groups is 2. The van der Waals surface area contributed by atoms with Gasteiger partial charge in [0, 0.05) is 25.5 Å². The number of benzene rings is 1. The highest BCUT2D eigenvalue weighted by atomic mass is 32.2. The van der Waals surface area contributed by atoms with E-state index in [4.69, 9.17) is 5.14 Å². The summed E-state index contributed by atoms with van der Waals surface area (Å²) >= 11 is 0. The predicted molar refractivity (Wildman–Crippen MR) is 126 cm³/mol. The number of rotatable bonds is 9. The topological polar surface area (TPSA) is 205 Å². The van der Waals surface area contributed by atoms with Crippen LogP contribution in [0.2, 0.25) is 0 Å². The van der Waals surface area contributed by atoms with Crippen molar-refractivity contribution in [3.63, 3.8) is 0 Å². The second-order valence-electron chi connectivity index (χ2n) is 8.02. The first-order valence-corrected chi connectivity index (χ1v) is 13.8. The molecule has 16 heteroatoms. The second kappa shape index (κ2) is 9.71. The quantitative estimate of drug-likeness (QED) is 0.344. The number of nitrogens with zero attached hydrogens (tertiary/aromatic N) is 6. The van der Waals surface area contributed by atoms with Crippen LogP contribution >= 0.6 is 0 Å². The van der Waals surface area contributed by atoms with Crippen molar-refractivity contribution < 1.29 is 27.0 Å². The van der Waals surface area contributed by atoms with Gasteiger partial charge in [0.05, 0.1) is 30.0 Å². The number of nitrogens with two attached hydrogens (primary N) is 1. The van der Waals surface area contributed by atoms with Crippen molar-refractivity contribution in [2.45, 2.75) is 41.7 Å². The number of nitrogens with one attached hydrogen (secondary N) is 1. The summed E-state index contributed by atoms with van der Waals surface area (Å²) in [5.74, 6) is 0.337. The van der Waals surface area contributed by atoms with Crippen LogP contribution in [0.3, 0.4) is 0 Å². The molecule has 0 saturated carbocycles. The summed E-state index contributed by atoms with van der Waals surface area (Å²) < 4.78 is 55.9. The molecule has 35 heavy (non-hydrogen) atoms. The first-order valence-electron chi connectivity index (χ1n) is 10.8. The van der Waals surface area contributed by atoms with Crippen LogP contribution in [0.15, 0.2) is 49.5 Å². The van der Waals surface area contributed by atoms with E-state index in [1.54, 1.807) is 28.8 Å². The van der Waals surface area contributed by atoms with Crippen molar-refractivity contribution in [1.82, 2.24) is 14.3 Å². The van der Waals surface area contributed by atoms with Gasteiger partial charge >= 0.3 is 0 Å². The van der Waals surface area contributed by atoms with Gasteiger partial charge in [0.25, 0.3) is 0 Å². The molecule has 0 unspecified atom stereocenters. The van der Waals surface area contributed by atoms with Crippen LogP contribution in [0, 0.1) is 0 Å². The zero-order chi connectivity index (χ0) is 25.4. The van der Waals surface area contributed by atoms with E-state index in [0.717, 1.165) is 6.07 Å². The monoisotopic (exact) mass is 526 g/mol. The minimum Gasteiger partial charge on any atom is -0.394 e.